The molecule has 1 aliphatic carbocycles. The van der Waals surface area contributed by atoms with Gasteiger partial charge in [-0.1, -0.05) is 67.3 Å². The molecule has 1 amide bonds. The van der Waals surface area contributed by atoms with E-state index < -0.39 is 0 Å². The molecular formula is C26H32N2O. The summed E-state index contributed by atoms with van der Waals surface area (Å²) >= 11 is 0. The van der Waals surface area contributed by atoms with E-state index in [0.29, 0.717) is 12.5 Å². The van der Waals surface area contributed by atoms with E-state index in [-0.39, 0.29) is 11.8 Å². The van der Waals surface area contributed by atoms with Crippen molar-refractivity contribution in [1.29, 1.82) is 0 Å². The Labute approximate surface area is 174 Å². The summed E-state index contributed by atoms with van der Waals surface area (Å²) in [5.41, 5.74) is 4.96. The standard InChI is InChI=1S/C26H32N2O/c1-3-28-18-24(22-11-7-8-12-25(22)28)23(20-15-13-19(2)14-16-20)17-26(29)27-21-9-5-4-6-10-21/h7-8,11-16,18,21,23H,3-6,9-10,17H2,1-2H3,(H,27,29). The molecule has 1 atom stereocenters. The number of nitrogens with one attached hydrogen (secondary N) is 1. The molecule has 0 aliphatic heterocycles. The molecular weight excluding hydrogens is 356 g/mol. The molecule has 3 nitrogen and oxygen atoms in total. The highest BCUT2D eigenvalue weighted by Crippen LogP contribution is 2.35. The number of hydrogen-bond acceptors (Lipinski definition) is 1. The van der Waals surface area contributed by atoms with Crippen LogP contribution in [0.1, 0.15) is 68.1 Å². The minimum absolute atomic E-state index is 0.0666. The van der Waals surface area contributed by atoms with E-state index in [1.54, 1.807) is 0 Å². The number of para-hydroxylation sites is 1. The van der Waals surface area contributed by atoms with Gasteiger partial charge in [-0.2, -0.15) is 0 Å². The Morgan fingerprint density at radius 1 is 1.07 bits per heavy atom. The van der Waals surface area contributed by atoms with Crippen molar-refractivity contribution < 1.29 is 4.79 Å². The molecule has 1 aromatic heterocycles. The summed E-state index contributed by atoms with van der Waals surface area (Å²) in [5.74, 6) is 0.243. The lowest BCUT2D eigenvalue weighted by Gasteiger charge is -2.24. The van der Waals surface area contributed by atoms with Crippen LogP contribution in [0.3, 0.4) is 0 Å². The third-order valence-corrected chi connectivity index (χ3v) is 6.38. The molecule has 3 aromatic rings. The largest absolute Gasteiger partial charge is 0.353 e. The van der Waals surface area contributed by atoms with E-state index in [2.05, 4.69) is 78.5 Å². The second kappa shape index (κ2) is 8.86. The number of carbonyl (C=O) groups excluding carboxylic acids is 1. The first-order chi connectivity index (χ1) is 14.2. The lowest BCUT2D eigenvalue weighted by molar-refractivity contribution is -0.122. The van der Waals surface area contributed by atoms with E-state index in [1.807, 2.05) is 0 Å². The molecule has 1 N–H and O–H groups in total. The van der Waals surface area contributed by atoms with E-state index in [9.17, 15) is 4.79 Å². The van der Waals surface area contributed by atoms with Crippen LogP contribution >= 0.6 is 0 Å². The number of fused-ring (bicyclic) bond motifs is 1. The van der Waals surface area contributed by atoms with Gasteiger partial charge in [-0.15, -0.1) is 0 Å². The van der Waals surface area contributed by atoms with Crippen molar-refractivity contribution in [2.75, 3.05) is 0 Å². The summed E-state index contributed by atoms with van der Waals surface area (Å²) in [4.78, 5) is 13.0. The van der Waals surface area contributed by atoms with Gasteiger partial charge in [-0.3, -0.25) is 4.79 Å². The van der Waals surface area contributed by atoms with Crippen LogP contribution in [0.5, 0.6) is 0 Å². The molecule has 0 saturated heterocycles. The Kier molecular flexibility index (Phi) is 6.03. The Hall–Kier alpha value is -2.55. The lowest BCUT2D eigenvalue weighted by Crippen LogP contribution is -2.36. The van der Waals surface area contributed by atoms with Gasteiger partial charge < -0.3 is 9.88 Å². The fourth-order valence-electron chi connectivity index (χ4n) is 4.74. The number of aromatic nitrogens is 1. The van der Waals surface area contributed by atoms with Crippen LogP contribution in [0.4, 0.5) is 0 Å². The summed E-state index contributed by atoms with van der Waals surface area (Å²) < 4.78 is 2.30. The molecule has 4 rings (SSSR count). The molecule has 29 heavy (non-hydrogen) atoms. The lowest BCUT2D eigenvalue weighted by atomic mass is 9.87. The van der Waals surface area contributed by atoms with Gasteiger partial charge in [-0.05, 0) is 43.9 Å². The molecule has 0 bridgehead atoms. The molecule has 2 aromatic carbocycles. The van der Waals surface area contributed by atoms with Gasteiger partial charge in [0.2, 0.25) is 5.91 Å². The molecule has 1 aliphatic rings. The van der Waals surface area contributed by atoms with Crippen LogP contribution in [0.15, 0.2) is 54.7 Å². The Balaban J connectivity index is 1.67. The number of aryl methyl sites for hydroxylation is 2. The minimum atomic E-state index is 0.0666. The van der Waals surface area contributed by atoms with Crippen molar-refractivity contribution in [2.45, 2.75) is 70.9 Å². The highest BCUT2D eigenvalue weighted by molar-refractivity contribution is 5.86. The fraction of sp³-hybridized carbons (Fsp3) is 0.423. The topological polar surface area (TPSA) is 34.0 Å². The first-order valence-electron chi connectivity index (χ1n) is 11.1. The number of carbonyl (C=O) groups is 1. The normalized spacial score (nSPS) is 16.1. The SMILES string of the molecule is CCn1cc(C(CC(=O)NC2CCCCC2)c2ccc(C)cc2)c2ccccc21. The maximum atomic E-state index is 13.0. The predicted octanol–water partition coefficient (Wildman–Crippen LogP) is 5.94. The van der Waals surface area contributed by atoms with Gasteiger partial charge in [0, 0.05) is 42.0 Å². The summed E-state index contributed by atoms with van der Waals surface area (Å²) in [6, 6.07) is 17.6. The van der Waals surface area contributed by atoms with Crippen LogP contribution in [0.2, 0.25) is 0 Å². The zero-order chi connectivity index (χ0) is 20.2. The fourth-order valence-corrected chi connectivity index (χ4v) is 4.74. The van der Waals surface area contributed by atoms with Gasteiger partial charge >= 0.3 is 0 Å². The second-order valence-corrected chi connectivity index (χ2v) is 8.46. The van der Waals surface area contributed by atoms with Crippen LogP contribution in [0, 0.1) is 6.92 Å². The second-order valence-electron chi connectivity index (χ2n) is 8.46. The van der Waals surface area contributed by atoms with Crippen molar-refractivity contribution >= 4 is 16.8 Å². The quantitative estimate of drug-likeness (QED) is 0.557. The first kappa shape index (κ1) is 19.8. The first-order valence-corrected chi connectivity index (χ1v) is 11.1. The third kappa shape index (κ3) is 4.39. The average molecular weight is 389 g/mol. The zero-order valence-electron chi connectivity index (χ0n) is 17.7. The number of hydrogen-bond donors (Lipinski definition) is 1. The highest BCUT2D eigenvalue weighted by atomic mass is 16.1. The van der Waals surface area contributed by atoms with Crippen LogP contribution in [0.25, 0.3) is 10.9 Å². The van der Waals surface area contributed by atoms with Crippen molar-refractivity contribution in [3.05, 3.63) is 71.4 Å². The van der Waals surface area contributed by atoms with Gasteiger partial charge in [-0.25, -0.2) is 0 Å². The van der Waals surface area contributed by atoms with E-state index in [4.69, 9.17) is 0 Å². The van der Waals surface area contributed by atoms with Crippen molar-refractivity contribution in [3.8, 4) is 0 Å². The van der Waals surface area contributed by atoms with Gasteiger partial charge in [0.15, 0.2) is 0 Å². The number of rotatable bonds is 6. The summed E-state index contributed by atoms with van der Waals surface area (Å²) in [5, 5.41) is 4.58. The summed E-state index contributed by atoms with van der Waals surface area (Å²) in [6.45, 7) is 5.21. The predicted molar refractivity (Wildman–Crippen MR) is 120 cm³/mol. The maximum Gasteiger partial charge on any atom is 0.221 e. The van der Waals surface area contributed by atoms with Crippen molar-refractivity contribution in [1.82, 2.24) is 9.88 Å². The number of amides is 1. The monoisotopic (exact) mass is 388 g/mol. The summed E-state index contributed by atoms with van der Waals surface area (Å²) in [7, 11) is 0. The van der Waals surface area contributed by atoms with Gasteiger partial charge in [0.25, 0.3) is 0 Å². The number of benzene rings is 2. The molecule has 0 radical (unpaired) electrons. The molecule has 3 heteroatoms. The van der Waals surface area contributed by atoms with Gasteiger partial charge in [0.05, 0.1) is 0 Å². The molecule has 152 valence electrons. The molecule has 1 heterocycles. The van der Waals surface area contributed by atoms with E-state index >= 15 is 0 Å². The average Bonchev–Trinajstić information content (AvgIpc) is 3.12. The summed E-state index contributed by atoms with van der Waals surface area (Å²) in [6.07, 6.45) is 8.76. The molecule has 1 fully saturated rings. The third-order valence-electron chi connectivity index (χ3n) is 6.38. The van der Waals surface area contributed by atoms with Crippen LogP contribution < -0.4 is 5.32 Å². The minimum Gasteiger partial charge on any atom is -0.353 e. The van der Waals surface area contributed by atoms with Gasteiger partial charge in [0.1, 0.15) is 0 Å². The molecule has 1 unspecified atom stereocenters. The smallest absolute Gasteiger partial charge is 0.221 e. The van der Waals surface area contributed by atoms with Crippen LogP contribution in [-0.4, -0.2) is 16.5 Å². The van der Waals surface area contributed by atoms with Crippen molar-refractivity contribution in [2.24, 2.45) is 0 Å². The Morgan fingerprint density at radius 3 is 2.52 bits per heavy atom. The molecule has 0 spiro atoms. The number of nitrogens with zero attached hydrogens (tertiary/aromatic N) is 1. The van der Waals surface area contributed by atoms with Crippen molar-refractivity contribution in [3.63, 3.8) is 0 Å². The Bertz CT molecular complexity index is 964. The maximum absolute atomic E-state index is 13.0. The Morgan fingerprint density at radius 2 is 1.79 bits per heavy atom. The molecule has 1 saturated carbocycles. The highest BCUT2D eigenvalue weighted by Gasteiger charge is 2.24. The van der Waals surface area contributed by atoms with E-state index in [1.165, 1.54) is 46.9 Å². The van der Waals surface area contributed by atoms with Crippen LogP contribution in [-0.2, 0) is 11.3 Å². The van der Waals surface area contributed by atoms with E-state index in [0.717, 1.165) is 19.4 Å². The zero-order valence-corrected chi connectivity index (χ0v) is 17.7.